The molecule has 1 unspecified atom stereocenters. The summed E-state index contributed by atoms with van der Waals surface area (Å²) < 4.78 is 0. The molecule has 0 saturated carbocycles. The number of amides is 2. The van der Waals surface area contributed by atoms with Gasteiger partial charge in [-0.05, 0) is 32.1 Å². The minimum absolute atomic E-state index is 0.0667. The van der Waals surface area contributed by atoms with E-state index in [1.54, 1.807) is 0 Å². The molecular weight excluding hydrogens is 282 g/mol. The van der Waals surface area contributed by atoms with E-state index in [0.717, 1.165) is 44.9 Å². The summed E-state index contributed by atoms with van der Waals surface area (Å²) in [6, 6.07) is 0. The molecule has 22 heavy (non-hydrogen) atoms. The number of nitrogens with two attached hydrogens (primary N) is 1. The summed E-state index contributed by atoms with van der Waals surface area (Å²) in [5.41, 5.74) is 5.29. The molecule has 0 radical (unpaired) electrons. The van der Waals surface area contributed by atoms with Gasteiger partial charge in [0, 0.05) is 32.6 Å². The van der Waals surface area contributed by atoms with E-state index in [0.29, 0.717) is 13.0 Å². The molecule has 0 aromatic rings. The van der Waals surface area contributed by atoms with Crippen LogP contribution in [0.4, 0.5) is 0 Å². The van der Waals surface area contributed by atoms with Gasteiger partial charge in [0.25, 0.3) is 0 Å². The van der Waals surface area contributed by atoms with Gasteiger partial charge < -0.3 is 21.3 Å². The lowest BCUT2D eigenvalue weighted by Gasteiger charge is -2.34. The lowest BCUT2D eigenvalue weighted by Crippen LogP contribution is -2.47. The van der Waals surface area contributed by atoms with Crippen molar-refractivity contribution in [2.75, 3.05) is 32.7 Å². The molecular formula is C15H29N5O2. The van der Waals surface area contributed by atoms with Crippen molar-refractivity contribution in [2.24, 2.45) is 16.6 Å². The summed E-state index contributed by atoms with van der Waals surface area (Å²) in [4.78, 5) is 29.3. The second kappa shape index (κ2) is 10.0. The summed E-state index contributed by atoms with van der Waals surface area (Å²) in [5, 5.41) is 6.03. The highest BCUT2D eigenvalue weighted by Crippen LogP contribution is 2.19. The number of carbonyl (C=O) groups is 2. The Hall–Kier alpha value is -1.79. The number of rotatable bonds is 7. The SMILES string of the molecule is CCCNC(=O)CN=C(NCC)N1CCCC(CC(N)=O)C1. The third-order valence-corrected chi connectivity index (χ3v) is 3.59. The van der Waals surface area contributed by atoms with Gasteiger partial charge in [0.2, 0.25) is 11.8 Å². The average Bonchev–Trinajstić information content (AvgIpc) is 2.49. The Morgan fingerprint density at radius 2 is 2.09 bits per heavy atom. The quantitative estimate of drug-likeness (QED) is 0.457. The average molecular weight is 311 g/mol. The number of hydrogen-bond donors (Lipinski definition) is 3. The molecule has 4 N–H and O–H groups in total. The van der Waals surface area contributed by atoms with Crippen molar-refractivity contribution in [3.8, 4) is 0 Å². The fourth-order valence-corrected chi connectivity index (χ4v) is 2.60. The molecule has 1 saturated heterocycles. The molecule has 1 aliphatic heterocycles. The molecule has 0 aromatic heterocycles. The number of nitrogens with one attached hydrogen (secondary N) is 2. The maximum atomic E-state index is 11.7. The first kappa shape index (κ1) is 18.3. The van der Waals surface area contributed by atoms with E-state index >= 15 is 0 Å². The van der Waals surface area contributed by atoms with Crippen molar-refractivity contribution in [3.63, 3.8) is 0 Å². The Kier molecular flexibility index (Phi) is 8.32. The third-order valence-electron chi connectivity index (χ3n) is 3.59. The molecule has 7 nitrogen and oxygen atoms in total. The van der Waals surface area contributed by atoms with Crippen LogP contribution in [0.5, 0.6) is 0 Å². The van der Waals surface area contributed by atoms with Gasteiger partial charge in [-0.2, -0.15) is 0 Å². The van der Waals surface area contributed by atoms with Gasteiger partial charge in [0.05, 0.1) is 0 Å². The highest BCUT2D eigenvalue weighted by Gasteiger charge is 2.23. The molecule has 1 fully saturated rings. The maximum Gasteiger partial charge on any atom is 0.241 e. The van der Waals surface area contributed by atoms with E-state index in [2.05, 4.69) is 20.5 Å². The zero-order valence-electron chi connectivity index (χ0n) is 13.7. The fourth-order valence-electron chi connectivity index (χ4n) is 2.60. The second-order valence-electron chi connectivity index (χ2n) is 5.64. The lowest BCUT2D eigenvalue weighted by molar-refractivity contribution is -0.120. The molecule has 1 heterocycles. The number of likely N-dealkylation sites (tertiary alicyclic amines) is 1. The van der Waals surface area contributed by atoms with Crippen LogP contribution in [0.3, 0.4) is 0 Å². The smallest absolute Gasteiger partial charge is 0.241 e. The summed E-state index contributed by atoms with van der Waals surface area (Å²) in [6.45, 7) is 7.20. The third kappa shape index (κ3) is 6.78. The standard InChI is InChI=1S/C15H29N5O2/c1-3-7-18-14(22)10-19-15(17-4-2)20-8-5-6-12(11-20)9-13(16)21/h12H,3-11H2,1-2H3,(H2,16,21)(H,17,19)(H,18,22). The Labute approximate surface area is 132 Å². The molecule has 2 amide bonds. The summed E-state index contributed by atoms with van der Waals surface area (Å²) in [5.74, 6) is 0.683. The predicted octanol–water partition coefficient (Wildman–Crippen LogP) is 0.0655. The fraction of sp³-hybridized carbons (Fsp3) is 0.800. The van der Waals surface area contributed by atoms with E-state index in [1.807, 2.05) is 13.8 Å². The molecule has 0 bridgehead atoms. The number of hydrogen-bond acceptors (Lipinski definition) is 3. The summed E-state index contributed by atoms with van der Waals surface area (Å²) in [6.07, 6.45) is 3.34. The predicted molar refractivity (Wildman–Crippen MR) is 87.4 cm³/mol. The van der Waals surface area contributed by atoms with Crippen molar-refractivity contribution >= 4 is 17.8 Å². The van der Waals surface area contributed by atoms with Gasteiger partial charge in [-0.1, -0.05) is 6.92 Å². The van der Waals surface area contributed by atoms with E-state index < -0.39 is 0 Å². The Morgan fingerprint density at radius 3 is 2.73 bits per heavy atom. The molecule has 7 heteroatoms. The van der Waals surface area contributed by atoms with Crippen LogP contribution in [0.1, 0.15) is 39.5 Å². The van der Waals surface area contributed by atoms with Crippen LogP contribution >= 0.6 is 0 Å². The van der Waals surface area contributed by atoms with Crippen LogP contribution in [0.15, 0.2) is 4.99 Å². The van der Waals surface area contributed by atoms with E-state index in [9.17, 15) is 9.59 Å². The minimum Gasteiger partial charge on any atom is -0.370 e. The number of piperidine rings is 1. The summed E-state index contributed by atoms with van der Waals surface area (Å²) in [7, 11) is 0. The van der Waals surface area contributed by atoms with Crippen molar-refractivity contribution < 1.29 is 9.59 Å². The van der Waals surface area contributed by atoms with Crippen LogP contribution in [0.25, 0.3) is 0 Å². The molecule has 1 atom stereocenters. The molecule has 1 aliphatic rings. The van der Waals surface area contributed by atoms with Crippen LogP contribution < -0.4 is 16.4 Å². The van der Waals surface area contributed by atoms with Gasteiger partial charge in [-0.3, -0.25) is 9.59 Å². The Morgan fingerprint density at radius 1 is 1.32 bits per heavy atom. The molecule has 0 spiro atoms. The molecule has 1 rings (SSSR count). The second-order valence-corrected chi connectivity index (χ2v) is 5.64. The normalized spacial score (nSPS) is 18.9. The number of carbonyl (C=O) groups excluding carboxylic acids is 2. The molecule has 126 valence electrons. The number of guanidine groups is 1. The van der Waals surface area contributed by atoms with Crippen LogP contribution in [0, 0.1) is 5.92 Å². The van der Waals surface area contributed by atoms with Gasteiger partial charge in [-0.25, -0.2) is 4.99 Å². The molecule has 0 aliphatic carbocycles. The highest BCUT2D eigenvalue weighted by atomic mass is 16.2. The summed E-state index contributed by atoms with van der Waals surface area (Å²) >= 11 is 0. The van der Waals surface area contributed by atoms with Gasteiger partial charge in [-0.15, -0.1) is 0 Å². The Balaban J connectivity index is 2.60. The van der Waals surface area contributed by atoms with Crippen LogP contribution in [-0.2, 0) is 9.59 Å². The zero-order valence-corrected chi connectivity index (χ0v) is 13.7. The first-order valence-electron chi connectivity index (χ1n) is 8.15. The van der Waals surface area contributed by atoms with Gasteiger partial charge in [0.15, 0.2) is 5.96 Å². The largest absolute Gasteiger partial charge is 0.370 e. The van der Waals surface area contributed by atoms with Gasteiger partial charge >= 0.3 is 0 Å². The van der Waals surface area contributed by atoms with Crippen molar-refractivity contribution in [3.05, 3.63) is 0 Å². The number of primary amides is 1. The number of aliphatic imine (C=N–C) groups is 1. The first-order chi connectivity index (χ1) is 10.6. The van der Waals surface area contributed by atoms with Crippen molar-refractivity contribution in [1.82, 2.24) is 15.5 Å². The highest BCUT2D eigenvalue weighted by molar-refractivity contribution is 5.85. The van der Waals surface area contributed by atoms with E-state index in [-0.39, 0.29) is 24.3 Å². The van der Waals surface area contributed by atoms with Crippen LogP contribution in [-0.4, -0.2) is 55.4 Å². The van der Waals surface area contributed by atoms with E-state index in [1.165, 1.54) is 0 Å². The van der Waals surface area contributed by atoms with Gasteiger partial charge in [0.1, 0.15) is 6.54 Å². The van der Waals surface area contributed by atoms with Crippen molar-refractivity contribution in [1.29, 1.82) is 0 Å². The lowest BCUT2D eigenvalue weighted by atomic mass is 9.95. The molecule has 0 aromatic carbocycles. The number of nitrogens with zero attached hydrogens (tertiary/aromatic N) is 2. The topological polar surface area (TPSA) is 99.8 Å². The first-order valence-corrected chi connectivity index (χ1v) is 8.15. The van der Waals surface area contributed by atoms with E-state index in [4.69, 9.17) is 5.73 Å². The van der Waals surface area contributed by atoms with Crippen molar-refractivity contribution in [2.45, 2.75) is 39.5 Å². The maximum absolute atomic E-state index is 11.7. The minimum atomic E-state index is -0.257. The Bertz CT molecular complexity index is 397. The van der Waals surface area contributed by atoms with Crippen LogP contribution in [0.2, 0.25) is 0 Å². The monoisotopic (exact) mass is 311 g/mol. The zero-order chi connectivity index (χ0) is 16.4.